The molecule has 0 aliphatic heterocycles. The summed E-state index contributed by atoms with van der Waals surface area (Å²) in [4.78, 5) is 32.5. The summed E-state index contributed by atoms with van der Waals surface area (Å²) in [6.45, 7) is 3.94. The van der Waals surface area contributed by atoms with E-state index in [1.54, 1.807) is 0 Å². The summed E-state index contributed by atoms with van der Waals surface area (Å²) in [6, 6.07) is 7.56. The Labute approximate surface area is 162 Å². The van der Waals surface area contributed by atoms with Gasteiger partial charge in [-0.15, -0.1) is 0 Å². The Morgan fingerprint density at radius 1 is 1.19 bits per heavy atom. The summed E-state index contributed by atoms with van der Waals surface area (Å²) in [6.07, 6.45) is 3.30. The van der Waals surface area contributed by atoms with Crippen LogP contribution >= 0.6 is 23.4 Å². The average Bonchev–Trinajstić information content (AvgIpc) is 2.66. The first kappa shape index (κ1) is 20.2. The minimum Gasteiger partial charge on any atom is -0.342 e. The van der Waals surface area contributed by atoms with Gasteiger partial charge in [-0.05, 0) is 30.5 Å². The molecule has 138 valence electrons. The van der Waals surface area contributed by atoms with Crippen LogP contribution in [0.1, 0.15) is 36.3 Å². The van der Waals surface area contributed by atoms with Crippen LogP contribution in [0.3, 0.4) is 0 Å². The summed E-state index contributed by atoms with van der Waals surface area (Å²) in [5.74, 6) is 0.0163. The Morgan fingerprint density at radius 2 is 1.92 bits per heavy atom. The van der Waals surface area contributed by atoms with Gasteiger partial charge in [0, 0.05) is 11.4 Å². The molecule has 2 amide bonds. The molecule has 26 heavy (non-hydrogen) atoms. The molecule has 0 bridgehead atoms. The lowest BCUT2D eigenvalue weighted by Gasteiger charge is -2.08. The van der Waals surface area contributed by atoms with Crippen LogP contribution in [0.5, 0.6) is 0 Å². The van der Waals surface area contributed by atoms with Crippen LogP contribution in [-0.2, 0) is 11.2 Å². The van der Waals surface area contributed by atoms with E-state index in [9.17, 15) is 9.59 Å². The number of carbonyl (C=O) groups excluding carboxylic acids is 2. The van der Waals surface area contributed by atoms with Gasteiger partial charge in [0.2, 0.25) is 5.91 Å². The highest BCUT2D eigenvalue weighted by atomic mass is 35.5. The van der Waals surface area contributed by atoms with Gasteiger partial charge >= 0.3 is 0 Å². The highest BCUT2D eigenvalue weighted by Crippen LogP contribution is 2.18. The fraction of sp³-hybridized carbons (Fsp3) is 0.333. The lowest BCUT2D eigenvalue weighted by atomic mass is 10.1. The maximum atomic E-state index is 12.3. The van der Waals surface area contributed by atoms with Crippen molar-refractivity contribution in [1.29, 1.82) is 0 Å². The van der Waals surface area contributed by atoms with Crippen LogP contribution in [0, 0.1) is 0 Å². The van der Waals surface area contributed by atoms with Crippen molar-refractivity contribution in [2.24, 2.45) is 0 Å². The fourth-order valence-corrected chi connectivity index (χ4v) is 2.89. The molecule has 0 radical (unpaired) electrons. The standard InChI is InChI=1S/C18H21ClN4O2S/c1-3-9-26-18-21-10-14(19)16(23-18)17(25)20-11-15(24)22-13-7-5-12(4-2)6-8-13/h5-8,10H,3-4,9,11H2,1-2H3,(H,20,25)(H,22,24). The highest BCUT2D eigenvalue weighted by Gasteiger charge is 2.15. The first-order valence-corrected chi connectivity index (χ1v) is 9.72. The molecule has 0 atom stereocenters. The number of aromatic nitrogens is 2. The SMILES string of the molecule is CCCSc1ncc(Cl)c(C(=O)NCC(=O)Nc2ccc(CC)cc2)n1. The number of nitrogens with zero attached hydrogens (tertiary/aromatic N) is 2. The van der Waals surface area contributed by atoms with E-state index in [1.807, 2.05) is 31.2 Å². The second-order valence-corrected chi connectivity index (χ2v) is 6.95. The Kier molecular flexibility index (Phi) is 7.87. The minimum absolute atomic E-state index is 0.0698. The van der Waals surface area contributed by atoms with Gasteiger partial charge in [-0.3, -0.25) is 9.59 Å². The number of carbonyl (C=O) groups is 2. The maximum Gasteiger partial charge on any atom is 0.272 e. The largest absolute Gasteiger partial charge is 0.342 e. The van der Waals surface area contributed by atoms with E-state index in [0.29, 0.717) is 10.8 Å². The number of nitrogens with one attached hydrogen (secondary N) is 2. The molecule has 0 fully saturated rings. The van der Waals surface area contributed by atoms with Crippen molar-refractivity contribution in [3.63, 3.8) is 0 Å². The van der Waals surface area contributed by atoms with Crippen molar-refractivity contribution in [3.8, 4) is 0 Å². The van der Waals surface area contributed by atoms with Crippen LogP contribution in [0.4, 0.5) is 5.69 Å². The zero-order valence-corrected chi connectivity index (χ0v) is 16.3. The second kappa shape index (κ2) is 10.1. The molecule has 2 aromatic rings. The number of hydrogen-bond donors (Lipinski definition) is 2. The molecule has 1 aromatic heterocycles. The molecule has 8 heteroatoms. The Hall–Kier alpha value is -2.12. The number of amides is 2. The first-order valence-electron chi connectivity index (χ1n) is 8.35. The maximum absolute atomic E-state index is 12.3. The summed E-state index contributed by atoms with van der Waals surface area (Å²) in [7, 11) is 0. The average molecular weight is 393 g/mol. The fourth-order valence-electron chi connectivity index (χ4n) is 2.05. The van der Waals surface area contributed by atoms with Crippen molar-refractivity contribution < 1.29 is 9.59 Å². The number of anilines is 1. The number of aryl methyl sites for hydroxylation is 1. The quantitative estimate of drug-likeness (QED) is 0.530. The molecular weight excluding hydrogens is 372 g/mol. The van der Waals surface area contributed by atoms with Crippen LogP contribution in [0.2, 0.25) is 5.02 Å². The van der Waals surface area contributed by atoms with Crippen molar-refractivity contribution in [3.05, 3.63) is 46.7 Å². The Morgan fingerprint density at radius 3 is 2.58 bits per heavy atom. The number of thioether (sulfide) groups is 1. The van der Waals surface area contributed by atoms with Gasteiger partial charge in [-0.2, -0.15) is 0 Å². The van der Waals surface area contributed by atoms with Gasteiger partial charge in [0.05, 0.1) is 17.8 Å². The molecule has 0 aliphatic carbocycles. The van der Waals surface area contributed by atoms with E-state index in [4.69, 9.17) is 11.6 Å². The van der Waals surface area contributed by atoms with Gasteiger partial charge in [0.15, 0.2) is 10.9 Å². The van der Waals surface area contributed by atoms with E-state index in [-0.39, 0.29) is 23.2 Å². The smallest absolute Gasteiger partial charge is 0.272 e. The topological polar surface area (TPSA) is 84.0 Å². The van der Waals surface area contributed by atoms with Crippen LogP contribution < -0.4 is 10.6 Å². The van der Waals surface area contributed by atoms with E-state index in [1.165, 1.54) is 23.5 Å². The number of benzene rings is 1. The van der Waals surface area contributed by atoms with Crippen molar-refractivity contribution in [2.75, 3.05) is 17.6 Å². The van der Waals surface area contributed by atoms with Gasteiger partial charge < -0.3 is 10.6 Å². The Balaban J connectivity index is 1.91. The highest BCUT2D eigenvalue weighted by molar-refractivity contribution is 7.99. The summed E-state index contributed by atoms with van der Waals surface area (Å²) in [5, 5.41) is 5.90. The first-order chi connectivity index (χ1) is 12.5. The van der Waals surface area contributed by atoms with E-state index in [0.717, 1.165) is 18.6 Å². The minimum atomic E-state index is -0.507. The molecule has 1 heterocycles. The van der Waals surface area contributed by atoms with Gasteiger partial charge in [0.1, 0.15) is 0 Å². The summed E-state index contributed by atoms with van der Waals surface area (Å²) < 4.78 is 0. The van der Waals surface area contributed by atoms with Crippen molar-refractivity contribution in [2.45, 2.75) is 31.8 Å². The van der Waals surface area contributed by atoms with Gasteiger partial charge in [-0.1, -0.05) is 49.3 Å². The molecule has 2 N–H and O–H groups in total. The molecule has 0 spiro atoms. The molecule has 0 aliphatic rings. The van der Waals surface area contributed by atoms with E-state index in [2.05, 4.69) is 27.5 Å². The second-order valence-electron chi connectivity index (χ2n) is 5.48. The monoisotopic (exact) mass is 392 g/mol. The molecule has 2 rings (SSSR count). The van der Waals surface area contributed by atoms with E-state index >= 15 is 0 Å². The van der Waals surface area contributed by atoms with E-state index < -0.39 is 5.91 Å². The lowest BCUT2D eigenvalue weighted by molar-refractivity contribution is -0.115. The molecular formula is C18H21ClN4O2S. The van der Waals surface area contributed by atoms with Crippen LogP contribution in [-0.4, -0.2) is 34.1 Å². The third kappa shape index (κ3) is 6.00. The number of rotatable bonds is 8. The predicted octanol–water partition coefficient (Wildman–Crippen LogP) is 3.56. The Bertz CT molecular complexity index is 768. The molecule has 0 saturated heterocycles. The zero-order valence-electron chi connectivity index (χ0n) is 14.7. The molecule has 1 aromatic carbocycles. The lowest BCUT2D eigenvalue weighted by Crippen LogP contribution is -2.33. The third-order valence-corrected chi connectivity index (χ3v) is 4.77. The summed E-state index contributed by atoms with van der Waals surface area (Å²) in [5.41, 5.74) is 1.94. The van der Waals surface area contributed by atoms with Gasteiger partial charge in [-0.25, -0.2) is 9.97 Å². The normalized spacial score (nSPS) is 10.4. The van der Waals surface area contributed by atoms with Gasteiger partial charge in [0.25, 0.3) is 5.91 Å². The molecule has 6 nitrogen and oxygen atoms in total. The van der Waals surface area contributed by atoms with Crippen LogP contribution in [0.25, 0.3) is 0 Å². The number of hydrogen-bond acceptors (Lipinski definition) is 5. The summed E-state index contributed by atoms with van der Waals surface area (Å²) >= 11 is 7.45. The zero-order chi connectivity index (χ0) is 18.9. The van der Waals surface area contributed by atoms with Crippen LogP contribution in [0.15, 0.2) is 35.6 Å². The molecule has 0 unspecified atom stereocenters. The predicted molar refractivity (Wildman–Crippen MR) is 105 cm³/mol. The van der Waals surface area contributed by atoms with Crippen molar-refractivity contribution in [1.82, 2.24) is 15.3 Å². The molecule has 0 saturated carbocycles. The van der Waals surface area contributed by atoms with Crippen molar-refractivity contribution >= 4 is 40.9 Å². The third-order valence-electron chi connectivity index (χ3n) is 3.43. The number of halogens is 1.